The molecule has 4 aromatic carbocycles. The van der Waals surface area contributed by atoms with Crippen LogP contribution in [0, 0.1) is 0 Å². The van der Waals surface area contributed by atoms with Crippen molar-refractivity contribution in [3.63, 3.8) is 0 Å². The monoisotopic (exact) mass is 520 g/mol. The van der Waals surface area contributed by atoms with Gasteiger partial charge in [0.1, 0.15) is 0 Å². The van der Waals surface area contributed by atoms with E-state index in [0.29, 0.717) is 0 Å². The highest BCUT2D eigenvalue weighted by atomic mass is 32.2. The molecule has 5 heteroatoms. The van der Waals surface area contributed by atoms with E-state index in [4.69, 9.17) is 0 Å². The molecule has 0 amide bonds. The number of hydrogen-bond acceptors (Lipinski definition) is 5. The van der Waals surface area contributed by atoms with Crippen LogP contribution in [0.4, 0.5) is 11.4 Å². The Morgan fingerprint density at radius 3 is 1.87 bits per heavy atom. The number of hydrogen-bond donors (Lipinski definition) is 0. The van der Waals surface area contributed by atoms with E-state index in [1.165, 1.54) is 33.0 Å². The lowest BCUT2D eigenvalue weighted by Gasteiger charge is -2.43. The Hall–Kier alpha value is -3.09. The molecule has 1 fully saturated rings. The maximum atomic E-state index is 2.64. The molecule has 4 nitrogen and oxygen atoms in total. The summed E-state index contributed by atoms with van der Waals surface area (Å²) in [5, 5.41) is 5.06. The molecular weight excluding hydrogens is 484 g/mol. The average molecular weight is 521 g/mol. The summed E-state index contributed by atoms with van der Waals surface area (Å²) in [5.74, 6) is 1.02. The quantitative estimate of drug-likeness (QED) is 0.257. The lowest BCUT2D eigenvalue weighted by atomic mass is 10.1. The van der Waals surface area contributed by atoms with E-state index < -0.39 is 0 Å². The van der Waals surface area contributed by atoms with E-state index in [1.807, 2.05) is 11.8 Å². The van der Waals surface area contributed by atoms with Crippen LogP contribution in [0.3, 0.4) is 0 Å². The zero-order valence-corrected chi connectivity index (χ0v) is 22.8. The zero-order chi connectivity index (χ0) is 25.6. The maximum Gasteiger partial charge on any atom is 0.0716 e. The number of thioether (sulfide) groups is 1. The highest BCUT2D eigenvalue weighted by molar-refractivity contribution is 7.98. The van der Waals surface area contributed by atoms with E-state index in [9.17, 15) is 0 Å². The SMILES string of the molecule is c1ccc(CN(CCN2CCN(N3c4ccccc4CSc4ccccc43)CC2)Cc2ccccc2)cc1. The van der Waals surface area contributed by atoms with Crippen LogP contribution in [0.2, 0.25) is 0 Å². The molecule has 2 aliphatic heterocycles. The Bertz CT molecular complexity index is 1220. The van der Waals surface area contributed by atoms with Gasteiger partial charge >= 0.3 is 0 Å². The third-order valence-electron chi connectivity index (χ3n) is 7.56. The van der Waals surface area contributed by atoms with Gasteiger partial charge in [-0.2, -0.15) is 0 Å². The first-order valence-corrected chi connectivity index (χ1v) is 14.7. The van der Waals surface area contributed by atoms with Crippen LogP contribution in [0.15, 0.2) is 114 Å². The van der Waals surface area contributed by atoms with Gasteiger partial charge in [0.05, 0.1) is 11.4 Å². The zero-order valence-electron chi connectivity index (χ0n) is 22.0. The molecule has 0 spiro atoms. The van der Waals surface area contributed by atoms with Crippen LogP contribution in [-0.4, -0.2) is 54.1 Å². The summed E-state index contributed by atoms with van der Waals surface area (Å²) in [4.78, 5) is 6.60. The standard InChI is InChI=1S/C33H36N4S/c1-3-11-28(12-4-1)25-35(26-29-13-5-2-6-14-29)20-19-34-21-23-36(24-22-34)37-31-16-8-7-15-30(31)27-38-33-18-10-9-17-32(33)37/h1-18H,19-27H2. The van der Waals surface area contributed by atoms with Gasteiger partial charge in [-0.3, -0.25) is 14.8 Å². The Morgan fingerprint density at radius 2 is 1.18 bits per heavy atom. The predicted octanol–water partition coefficient (Wildman–Crippen LogP) is 6.67. The Labute approximate surface area is 231 Å². The van der Waals surface area contributed by atoms with Crippen LogP contribution in [0.25, 0.3) is 0 Å². The van der Waals surface area contributed by atoms with Crippen molar-refractivity contribution >= 4 is 23.1 Å². The van der Waals surface area contributed by atoms with E-state index >= 15 is 0 Å². The third-order valence-corrected chi connectivity index (χ3v) is 8.67. The summed E-state index contributed by atoms with van der Waals surface area (Å²) in [6.07, 6.45) is 0. The van der Waals surface area contributed by atoms with Crippen molar-refractivity contribution in [3.8, 4) is 0 Å². The second-order valence-corrected chi connectivity index (χ2v) is 11.2. The van der Waals surface area contributed by atoms with Gasteiger partial charge in [0, 0.05) is 63.0 Å². The molecular formula is C33H36N4S. The highest BCUT2D eigenvalue weighted by Gasteiger charge is 2.28. The molecule has 0 aliphatic carbocycles. The van der Waals surface area contributed by atoms with Gasteiger partial charge in [-0.1, -0.05) is 91.0 Å². The molecule has 0 radical (unpaired) electrons. The molecule has 0 N–H and O–H groups in total. The summed E-state index contributed by atoms with van der Waals surface area (Å²) in [6.45, 7) is 8.35. The lowest BCUT2D eigenvalue weighted by Crippen LogP contribution is -2.53. The molecule has 0 bridgehead atoms. The van der Waals surface area contributed by atoms with Crippen molar-refractivity contribution in [2.45, 2.75) is 23.7 Å². The number of para-hydroxylation sites is 2. The summed E-state index contributed by atoms with van der Waals surface area (Å²) in [5.41, 5.74) is 6.81. The minimum absolute atomic E-state index is 0.981. The molecule has 0 aromatic heterocycles. The molecule has 1 saturated heterocycles. The number of rotatable bonds is 8. The first kappa shape index (κ1) is 25.2. The predicted molar refractivity (Wildman–Crippen MR) is 160 cm³/mol. The van der Waals surface area contributed by atoms with Crippen molar-refractivity contribution < 1.29 is 0 Å². The van der Waals surface area contributed by atoms with Gasteiger partial charge in [-0.05, 0) is 34.9 Å². The maximum absolute atomic E-state index is 2.64. The number of piperazine rings is 1. The Kier molecular flexibility index (Phi) is 8.08. The number of fused-ring (bicyclic) bond motifs is 2. The third kappa shape index (κ3) is 5.97. The second kappa shape index (κ2) is 12.2. The average Bonchev–Trinajstić information content (AvgIpc) is 3.14. The summed E-state index contributed by atoms with van der Waals surface area (Å²) in [7, 11) is 0. The first-order chi connectivity index (χ1) is 18.8. The summed E-state index contributed by atoms with van der Waals surface area (Å²) in [6, 6.07) is 39.5. The fourth-order valence-corrected chi connectivity index (χ4v) is 6.56. The fraction of sp³-hybridized carbons (Fsp3) is 0.273. The number of nitrogens with zero attached hydrogens (tertiary/aromatic N) is 4. The van der Waals surface area contributed by atoms with E-state index in [-0.39, 0.29) is 0 Å². The summed E-state index contributed by atoms with van der Waals surface area (Å²) < 4.78 is 0. The Morgan fingerprint density at radius 1 is 0.605 bits per heavy atom. The van der Waals surface area contributed by atoms with Crippen LogP contribution in [-0.2, 0) is 18.8 Å². The molecule has 0 unspecified atom stereocenters. The van der Waals surface area contributed by atoms with Crippen molar-refractivity contribution in [1.29, 1.82) is 0 Å². The minimum atomic E-state index is 0.981. The summed E-state index contributed by atoms with van der Waals surface area (Å²) >= 11 is 1.95. The van der Waals surface area contributed by atoms with Gasteiger partial charge < -0.3 is 0 Å². The number of anilines is 2. The normalized spacial score (nSPS) is 16.2. The number of hydrazine groups is 1. The van der Waals surface area contributed by atoms with E-state index in [2.05, 4.69) is 129 Å². The molecule has 2 heterocycles. The van der Waals surface area contributed by atoms with Crippen LogP contribution in [0.1, 0.15) is 16.7 Å². The van der Waals surface area contributed by atoms with Crippen molar-refractivity contribution in [1.82, 2.24) is 14.8 Å². The van der Waals surface area contributed by atoms with E-state index in [1.54, 1.807) is 0 Å². The topological polar surface area (TPSA) is 13.0 Å². The number of benzene rings is 4. The van der Waals surface area contributed by atoms with Crippen molar-refractivity contribution in [2.24, 2.45) is 0 Å². The Balaban J connectivity index is 1.12. The minimum Gasteiger partial charge on any atom is -0.299 e. The highest BCUT2D eigenvalue weighted by Crippen LogP contribution is 2.43. The van der Waals surface area contributed by atoms with Crippen LogP contribution in [0.5, 0.6) is 0 Å². The molecule has 0 atom stereocenters. The van der Waals surface area contributed by atoms with Gasteiger partial charge in [-0.25, -0.2) is 5.01 Å². The van der Waals surface area contributed by atoms with Crippen molar-refractivity contribution in [2.75, 3.05) is 44.3 Å². The van der Waals surface area contributed by atoms with Crippen LogP contribution < -0.4 is 5.01 Å². The molecule has 38 heavy (non-hydrogen) atoms. The van der Waals surface area contributed by atoms with E-state index in [0.717, 1.165) is 58.1 Å². The van der Waals surface area contributed by atoms with Gasteiger partial charge in [-0.15, -0.1) is 11.8 Å². The smallest absolute Gasteiger partial charge is 0.0716 e. The molecule has 0 saturated carbocycles. The first-order valence-electron chi connectivity index (χ1n) is 13.7. The van der Waals surface area contributed by atoms with Gasteiger partial charge in [0.2, 0.25) is 0 Å². The molecule has 6 rings (SSSR count). The van der Waals surface area contributed by atoms with Crippen molar-refractivity contribution in [3.05, 3.63) is 126 Å². The fourth-order valence-electron chi connectivity index (χ4n) is 5.52. The van der Waals surface area contributed by atoms with Gasteiger partial charge in [0.25, 0.3) is 0 Å². The molecule has 194 valence electrons. The molecule has 4 aromatic rings. The lowest BCUT2D eigenvalue weighted by molar-refractivity contribution is 0.115. The molecule has 2 aliphatic rings. The van der Waals surface area contributed by atoms with Crippen LogP contribution >= 0.6 is 11.8 Å². The largest absolute Gasteiger partial charge is 0.299 e. The second-order valence-electron chi connectivity index (χ2n) is 10.2. The van der Waals surface area contributed by atoms with Gasteiger partial charge in [0.15, 0.2) is 0 Å².